The third-order valence-corrected chi connectivity index (χ3v) is 5.04. The number of carboxylic acids is 1. The van der Waals surface area contributed by atoms with Crippen LogP contribution < -0.4 is 4.74 Å². The van der Waals surface area contributed by atoms with Gasteiger partial charge in [0.05, 0.1) is 19.1 Å². The molecule has 0 radical (unpaired) electrons. The van der Waals surface area contributed by atoms with Crippen molar-refractivity contribution in [2.75, 3.05) is 20.2 Å². The van der Waals surface area contributed by atoms with Crippen molar-refractivity contribution in [1.82, 2.24) is 4.90 Å². The van der Waals surface area contributed by atoms with Crippen LogP contribution in [0.1, 0.15) is 30.0 Å². The van der Waals surface area contributed by atoms with Gasteiger partial charge in [-0.25, -0.2) is 0 Å². The molecule has 0 aliphatic carbocycles. The Bertz CT molecular complexity index is 715. The second-order valence-corrected chi connectivity index (χ2v) is 6.84. The van der Waals surface area contributed by atoms with Crippen LogP contribution in [-0.4, -0.2) is 36.2 Å². The Balaban J connectivity index is 1.95. The first kappa shape index (κ1) is 17.8. The van der Waals surface area contributed by atoms with Gasteiger partial charge in [-0.05, 0) is 54.8 Å². The number of piperidine rings is 1. The minimum atomic E-state index is -0.714. The molecule has 0 amide bonds. The van der Waals surface area contributed by atoms with E-state index >= 15 is 0 Å². The van der Waals surface area contributed by atoms with Crippen LogP contribution in [0, 0.1) is 5.92 Å². The van der Waals surface area contributed by atoms with Gasteiger partial charge in [-0.15, -0.1) is 0 Å². The third-order valence-electron chi connectivity index (χ3n) is 4.78. The number of methoxy groups -OCH3 is 1. The fraction of sp³-hybridized carbons (Fsp3) is 0.350. The van der Waals surface area contributed by atoms with Crippen LogP contribution in [0.2, 0.25) is 5.02 Å². The molecule has 1 aliphatic rings. The lowest BCUT2D eigenvalue weighted by Crippen LogP contribution is -2.41. The zero-order chi connectivity index (χ0) is 17.8. The van der Waals surface area contributed by atoms with Crippen molar-refractivity contribution in [2.24, 2.45) is 5.92 Å². The molecule has 2 aromatic rings. The molecule has 132 valence electrons. The van der Waals surface area contributed by atoms with Gasteiger partial charge in [0.15, 0.2) is 0 Å². The molecule has 0 spiro atoms. The van der Waals surface area contributed by atoms with Crippen LogP contribution in [0.3, 0.4) is 0 Å². The number of likely N-dealkylation sites (tertiary alicyclic amines) is 1. The molecule has 0 bridgehead atoms. The Morgan fingerprint density at radius 2 is 1.76 bits per heavy atom. The number of benzene rings is 2. The lowest BCUT2D eigenvalue weighted by atomic mass is 9.91. The van der Waals surface area contributed by atoms with Crippen molar-refractivity contribution in [3.63, 3.8) is 0 Å². The molecule has 3 rings (SSSR count). The van der Waals surface area contributed by atoms with Gasteiger partial charge in [-0.3, -0.25) is 9.69 Å². The summed E-state index contributed by atoms with van der Waals surface area (Å²) < 4.78 is 5.26. The van der Waals surface area contributed by atoms with Gasteiger partial charge in [-0.2, -0.15) is 0 Å². The van der Waals surface area contributed by atoms with Crippen LogP contribution in [0.25, 0.3) is 0 Å². The first-order valence-corrected chi connectivity index (χ1v) is 8.82. The van der Waals surface area contributed by atoms with E-state index in [-0.39, 0.29) is 12.0 Å². The van der Waals surface area contributed by atoms with E-state index in [1.54, 1.807) is 7.11 Å². The number of rotatable bonds is 5. The summed E-state index contributed by atoms with van der Waals surface area (Å²) in [6, 6.07) is 15.8. The predicted molar refractivity (Wildman–Crippen MR) is 98.2 cm³/mol. The first-order chi connectivity index (χ1) is 12.1. The van der Waals surface area contributed by atoms with Gasteiger partial charge < -0.3 is 9.84 Å². The van der Waals surface area contributed by atoms with Crippen LogP contribution in [0.15, 0.2) is 48.5 Å². The van der Waals surface area contributed by atoms with E-state index in [0.29, 0.717) is 11.6 Å². The number of halogens is 1. The zero-order valence-corrected chi connectivity index (χ0v) is 14.9. The summed E-state index contributed by atoms with van der Waals surface area (Å²) in [7, 11) is 1.65. The highest BCUT2D eigenvalue weighted by molar-refractivity contribution is 6.30. The van der Waals surface area contributed by atoms with E-state index in [9.17, 15) is 9.90 Å². The van der Waals surface area contributed by atoms with Crippen LogP contribution in [0.4, 0.5) is 0 Å². The fourth-order valence-corrected chi connectivity index (χ4v) is 3.61. The van der Waals surface area contributed by atoms with Crippen LogP contribution in [0.5, 0.6) is 5.75 Å². The molecule has 1 heterocycles. The Morgan fingerprint density at radius 3 is 2.32 bits per heavy atom. The molecule has 0 aromatic heterocycles. The van der Waals surface area contributed by atoms with E-state index in [1.165, 1.54) is 0 Å². The minimum Gasteiger partial charge on any atom is -0.497 e. The van der Waals surface area contributed by atoms with Gasteiger partial charge in [0.2, 0.25) is 0 Å². The van der Waals surface area contributed by atoms with Gasteiger partial charge in [0.25, 0.3) is 0 Å². The summed E-state index contributed by atoms with van der Waals surface area (Å²) in [5.41, 5.74) is 2.23. The maximum absolute atomic E-state index is 11.5. The maximum atomic E-state index is 11.5. The van der Waals surface area contributed by atoms with E-state index in [2.05, 4.69) is 4.90 Å². The SMILES string of the molecule is COc1ccc(C(c2ccc(Cl)cc2)N2CCCC(C(=O)O)C2)cc1. The largest absolute Gasteiger partial charge is 0.497 e. The second-order valence-electron chi connectivity index (χ2n) is 6.40. The predicted octanol–water partition coefficient (Wildman–Crippen LogP) is 4.23. The Labute approximate surface area is 153 Å². The van der Waals surface area contributed by atoms with Crippen LogP contribution >= 0.6 is 11.6 Å². The number of hydrogen-bond acceptors (Lipinski definition) is 3. The molecule has 2 unspecified atom stereocenters. The number of carbonyl (C=O) groups is 1. The summed E-state index contributed by atoms with van der Waals surface area (Å²) >= 11 is 6.04. The monoisotopic (exact) mass is 359 g/mol. The van der Waals surface area contributed by atoms with Crippen molar-refractivity contribution in [1.29, 1.82) is 0 Å². The first-order valence-electron chi connectivity index (χ1n) is 8.44. The highest BCUT2D eigenvalue weighted by atomic mass is 35.5. The lowest BCUT2D eigenvalue weighted by molar-refractivity contribution is -0.143. The molecule has 5 heteroatoms. The molecule has 1 saturated heterocycles. The van der Waals surface area contributed by atoms with E-state index in [0.717, 1.165) is 36.3 Å². The van der Waals surface area contributed by atoms with Crippen LogP contribution in [-0.2, 0) is 4.79 Å². The standard InChI is InChI=1S/C20H22ClNO3/c1-25-18-10-6-15(7-11-18)19(14-4-8-17(21)9-5-14)22-12-2-3-16(13-22)20(23)24/h4-11,16,19H,2-3,12-13H2,1H3,(H,23,24). The minimum absolute atomic E-state index is 0.00493. The number of nitrogens with zero attached hydrogens (tertiary/aromatic N) is 1. The fourth-order valence-electron chi connectivity index (χ4n) is 3.49. The zero-order valence-electron chi connectivity index (χ0n) is 14.2. The topological polar surface area (TPSA) is 49.8 Å². The van der Waals surface area contributed by atoms with Crippen molar-refractivity contribution in [3.8, 4) is 5.75 Å². The number of hydrogen-bond donors (Lipinski definition) is 1. The molecular weight excluding hydrogens is 338 g/mol. The quantitative estimate of drug-likeness (QED) is 0.867. The summed E-state index contributed by atoms with van der Waals surface area (Å²) in [5.74, 6) is -0.225. The summed E-state index contributed by atoms with van der Waals surface area (Å²) in [6.45, 7) is 1.43. The van der Waals surface area contributed by atoms with Gasteiger partial charge in [-0.1, -0.05) is 35.9 Å². The van der Waals surface area contributed by atoms with Gasteiger partial charge >= 0.3 is 5.97 Å². The molecule has 1 N–H and O–H groups in total. The Kier molecular flexibility index (Phi) is 5.61. The molecule has 25 heavy (non-hydrogen) atoms. The lowest BCUT2D eigenvalue weighted by Gasteiger charge is -2.37. The van der Waals surface area contributed by atoms with E-state index in [1.807, 2.05) is 48.5 Å². The van der Waals surface area contributed by atoms with Crippen molar-refractivity contribution in [3.05, 3.63) is 64.7 Å². The summed E-state index contributed by atoms with van der Waals surface area (Å²) in [4.78, 5) is 13.7. The molecule has 2 aromatic carbocycles. The summed E-state index contributed by atoms with van der Waals surface area (Å²) in [5, 5.41) is 10.1. The molecule has 1 fully saturated rings. The average Bonchev–Trinajstić information content (AvgIpc) is 2.64. The molecule has 2 atom stereocenters. The molecule has 1 aliphatic heterocycles. The van der Waals surface area contributed by atoms with Gasteiger partial charge in [0, 0.05) is 11.6 Å². The number of aliphatic carboxylic acids is 1. The normalized spacial score (nSPS) is 19.4. The second kappa shape index (κ2) is 7.89. The highest BCUT2D eigenvalue weighted by Gasteiger charge is 2.31. The Morgan fingerprint density at radius 1 is 1.16 bits per heavy atom. The Hall–Kier alpha value is -2.04. The maximum Gasteiger partial charge on any atom is 0.307 e. The van der Waals surface area contributed by atoms with E-state index in [4.69, 9.17) is 16.3 Å². The highest BCUT2D eigenvalue weighted by Crippen LogP contribution is 2.34. The summed E-state index contributed by atoms with van der Waals surface area (Å²) in [6.07, 6.45) is 1.62. The number of carboxylic acid groups (broad SMARTS) is 1. The average molecular weight is 360 g/mol. The molecule has 4 nitrogen and oxygen atoms in total. The van der Waals surface area contributed by atoms with Crippen molar-refractivity contribution >= 4 is 17.6 Å². The third kappa shape index (κ3) is 4.14. The number of ether oxygens (including phenoxy) is 1. The molecule has 0 saturated carbocycles. The van der Waals surface area contributed by atoms with Crippen molar-refractivity contribution < 1.29 is 14.6 Å². The molecular formula is C20H22ClNO3. The van der Waals surface area contributed by atoms with Crippen molar-refractivity contribution in [2.45, 2.75) is 18.9 Å². The van der Waals surface area contributed by atoms with E-state index < -0.39 is 5.97 Å². The van der Waals surface area contributed by atoms with Gasteiger partial charge in [0.1, 0.15) is 5.75 Å². The smallest absolute Gasteiger partial charge is 0.307 e.